The molecule has 132 valence electrons. The third-order valence-electron chi connectivity index (χ3n) is 4.99. The van der Waals surface area contributed by atoms with Crippen LogP contribution in [0.25, 0.3) is 0 Å². The number of nitrogens with one attached hydrogen (secondary N) is 2. The first kappa shape index (κ1) is 17.1. The highest BCUT2D eigenvalue weighted by Crippen LogP contribution is 2.16. The zero-order valence-electron chi connectivity index (χ0n) is 14.4. The highest BCUT2D eigenvalue weighted by Gasteiger charge is 2.24. The summed E-state index contributed by atoms with van der Waals surface area (Å²) < 4.78 is 0. The lowest BCUT2D eigenvalue weighted by Gasteiger charge is -2.35. The van der Waals surface area contributed by atoms with Gasteiger partial charge in [0.2, 0.25) is 5.91 Å². The van der Waals surface area contributed by atoms with Crippen molar-refractivity contribution in [2.75, 3.05) is 44.7 Å². The molecule has 7 heteroatoms. The highest BCUT2D eigenvalue weighted by atomic mass is 16.2. The Balaban J connectivity index is 1.47. The molecule has 2 aliphatic heterocycles. The number of rotatable bonds is 5. The summed E-state index contributed by atoms with van der Waals surface area (Å²) >= 11 is 0. The first-order chi connectivity index (χ1) is 11.7. The van der Waals surface area contributed by atoms with Crippen LogP contribution in [0.1, 0.15) is 25.7 Å². The quantitative estimate of drug-likeness (QED) is 0.805. The monoisotopic (exact) mass is 332 g/mol. The molecule has 0 unspecified atom stereocenters. The lowest BCUT2D eigenvalue weighted by atomic mass is 10.0. The third-order valence-corrected chi connectivity index (χ3v) is 4.99. The third kappa shape index (κ3) is 4.64. The van der Waals surface area contributed by atoms with Crippen molar-refractivity contribution in [1.82, 2.24) is 25.5 Å². The summed E-state index contributed by atoms with van der Waals surface area (Å²) in [6, 6.07) is 0.703. The van der Waals surface area contributed by atoms with E-state index in [4.69, 9.17) is 0 Å². The molecule has 0 aromatic carbocycles. The maximum atomic E-state index is 12.4. The van der Waals surface area contributed by atoms with Crippen molar-refractivity contribution in [2.45, 2.75) is 37.8 Å². The van der Waals surface area contributed by atoms with E-state index in [0.29, 0.717) is 12.6 Å². The van der Waals surface area contributed by atoms with E-state index in [1.54, 1.807) is 18.6 Å². The first-order valence-electron chi connectivity index (χ1n) is 8.93. The Morgan fingerprint density at radius 3 is 2.96 bits per heavy atom. The van der Waals surface area contributed by atoms with Crippen molar-refractivity contribution in [3.63, 3.8) is 0 Å². The van der Waals surface area contributed by atoms with Gasteiger partial charge >= 0.3 is 0 Å². The van der Waals surface area contributed by atoms with Crippen LogP contribution in [0, 0.1) is 0 Å². The summed E-state index contributed by atoms with van der Waals surface area (Å²) in [5, 5.41) is 6.57. The Morgan fingerprint density at radius 2 is 2.21 bits per heavy atom. The summed E-state index contributed by atoms with van der Waals surface area (Å²) in [6.45, 7) is 4.35. The fourth-order valence-corrected chi connectivity index (χ4v) is 3.63. The number of hydrogen-bond acceptors (Lipinski definition) is 6. The molecular weight excluding hydrogens is 304 g/mol. The molecule has 0 aliphatic carbocycles. The molecule has 0 saturated carbocycles. The van der Waals surface area contributed by atoms with E-state index in [9.17, 15) is 4.79 Å². The molecule has 3 rings (SSSR count). The summed E-state index contributed by atoms with van der Waals surface area (Å²) in [4.78, 5) is 25.3. The van der Waals surface area contributed by atoms with E-state index >= 15 is 0 Å². The van der Waals surface area contributed by atoms with Crippen molar-refractivity contribution >= 4 is 11.7 Å². The predicted molar refractivity (Wildman–Crippen MR) is 93.9 cm³/mol. The van der Waals surface area contributed by atoms with Crippen LogP contribution in [0.3, 0.4) is 0 Å². The standard InChI is InChI=1S/C17H28N6O/c1-22(15-4-6-18-7-5-15)13-17(24)21-14-3-2-10-23(12-14)16-11-19-8-9-20-16/h8-9,11,14-15,18H,2-7,10,12-13H2,1H3,(H,21,24)/t14-/m1/s1. The SMILES string of the molecule is CN(CC(=O)N[C@@H]1CCCN(c2cnccn2)C1)C1CCNCC1. The van der Waals surface area contributed by atoms with E-state index in [1.807, 2.05) is 0 Å². The topological polar surface area (TPSA) is 73.4 Å². The number of anilines is 1. The van der Waals surface area contributed by atoms with E-state index in [-0.39, 0.29) is 11.9 Å². The van der Waals surface area contributed by atoms with Gasteiger partial charge in [-0.25, -0.2) is 4.98 Å². The highest BCUT2D eigenvalue weighted by molar-refractivity contribution is 5.78. The van der Waals surface area contributed by atoms with Gasteiger partial charge in [-0.05, 0) is 45.8 Å². The minimum atomic E-state index is 0.127. The normalized spacial score (nSPS) is 22.6. The van der Waals surface area contributed by atoms with Crippen molar-refractivity contribution < 1.29 is 4.79 Å². The lowest BCUT2D eigenvalue weighted by Crippen LogP contribution is -2.51. The smallest absolute Gasteiger partial charge is 0.234 e. The zero-order chi connectivity index (χ0) is 16.8. The van der Waals surface area contributed by atoms with Gasteiger partial charge in [-0.1, -0.05) is 0 Å². The van der Waals surface area contributed by atoms with Crippen LogP contribution in [0.5, 0.6) is 0 Å². The molecule has 1 amide bonds. The average Bonchev–Trinajstić information content (AvgIpc) is 2.63. The first-order valence-corrected chi connectivity index (χ1v) is 8.93. The molecule has 7 nitrogen and oxygen atoms in total. The minimum absolute atomic E-state index is 0.127. The van der Waals surface area contributed by atoms with Gasteiger partial charge < -0.3 is 15.5 Å². The Bertz CT molecular complexity index is 519. The number of carbonyl (C=O) groups excluding carboxylic acids is 1. The minimum Gasteiger partial charge on any atom is -0.353 e. The molecule has 1 atom stereocenters. The van der Waals surface area contributed by atoms with Crippen LogP contribution < -0.4 is 15.5 Å². The van der Waals surface area contributed by atoms with Crippen LogP contribution in [-0.2, 0) is 4.79 Å². The fourth-order valence-electron chi connectivity index (χ4n) is 3.63. The van der Waals surface area contributed by atoms with Crippen LogP contribution in [-0.4, -0.2) is 72.6 Å². The van der Waals surface area contributed by atoms with E-state index in [0.717, 1.165) is 57.7 Å². The van der Waals surface area contributed by atoms with E-state index in [2.05, 4.69) is 37.4 Å². The predicted octanol–water partition coefficient (Wildman–Crippen LogP) is 0.245. The van der Waals surface area contributed by atoms with Gasteiger partial charge in [0.1, 0.15) is 5.82 Å². The molecule has 3 heterocycles. The van der Waals surface area contributed by atoms with Gasteiger partial charge in [-0.2, -0.15) is 0 Å². The van der Waals surface area contributed by atoms with Gasteiger partial charge in [-0.15, -0.1) is 0 Å². The molecule has 2 N–H and O–H groups in total. The van der Waals surface area contributed by atoms with Gasteiger partial charge in [0, 0.05) is 37.6 Å². The molecule has 1 aromatic rings. The number of aromatic nitrogens is 2. The Labute approximate surface area is 143 Å². The Kier molecular flexibility index (Phi) is 5.98. The largest absolute Gasteiger partial charge is 0.353 e. The number of piperidine rings is 2. The summed E-state index contributed by atoms with van der Waals surface area (Å²) in [7, 11) is 2.06. The Hall–Kier alpha value is -1.73. The molecule has 2 aliphatic rings. The molecule has 24 heavy (non-hydrogen) atoms. The maximum absolute atomic E-state index is 12.4. The second-order valence-electron chi connectivity index (χ2n) is 6.81. The van der Waals surface area contributed by atoms with E-state index in [1.165, 1.54) is 0 Å². The van der Waals surface area contributed by atoms with Crippen LogP contribution in [0.2, 0.25) is 0 Å². The number of amides is 1. The van der Waals surface area contributed by atoms with Crippen LogP contribution in [0.15, 0.2) is 18.6 Å². The van der Waals surface area contributed by atoms with Gasteiger partial charge in [0.25, 0.3) is 0 Å². The number of nitrogens with zero attached hydrogens (tertiary/aromatic N) is 4. The van der Waals surface area contributed by atoms with Gasteiger partial charge in [-0.3, -0.25) is 14.7 Å². The number of hydrogen-bond donors (Lipinski definition) is 2. The van der Waals surface area contributed by atoms with Crippen molar-refractivity contribution in [3.8, 4) is 0 Å². The number of likely N-dealkylation sites (N-methyl/N-ethyl adjacent to an activating group) is 1. The fraction of sp³-hybridized carbons (Fsp3) is 0.706. The molecule has 0 bridgehead atoms. The van der Waals surface area contributed by atoms with Crippen LogP contribution in [0.4, 0.5) is 5.82 Å². The average molecular weight is 332 g/mol. The second-order valence-corrected chi connectivity index (χ2v) is 6.81. The van der Waals surface area contributed by atoms with Gasteiger partial charge in [0.15, 0.2) is 0 Å². The molecular formula is C17H28N6O. The van der Waals surface area contributed by atoms with Crippen LogP contribution >= 0.6 is 0 Å². The lowest BCUT2D eigenvalue weighted by molar-refractivity contribution is -0.123. The zero-order valence-corrected chi connectivity index (χ0v) is 14.4. The molecule has 1 aromatic heterocycles. The van der Waals surface area contributed by atoms with Crippen molar-refractivity contribution in [3.05, 3.63) is 18.6 Å². The summed E-state index contributed by atoms with van der Waals surface area (Å²) in [5.74, 6) is 1.02. The van der Waals surface area contributed by atoms with Gasteiger partial charge in [0.05, 0.1) is 12.7 Å². The maximum Gasteiger partial charge on any atom is 0.234 e. The van der Waals surface area contributed by atoms with Crippen molar-refractivity contribution in [2.24, 2.45) is 0 Å². The summed E-state index contributed by atoms with van der Waals surface area (Å²) in [5.41, 5.74) is 0. The molecule has 0 spiro atoms. The molecule has 2 saturated heterocycles. The number of carbonyl (C=O) groups is 1. The van der Waals surface area contributed by atoms with Crippen molar-refractivity contribution in [1.29, 1.82) is 0 Å². The second kappa shape index (κ2) is 8.39. The Morgan fingerprint density at radius 1 is 1.38 bits per heavy atom. The van der Waals surface area contributed by atoms with E-state index < -0.39 is 0 Å². The molecule has 0 radical (unpaired) electrons. The summed E-state index contributed by atoms with van der Waals surface area (Å²) in [6.07, 6.45) is 9.51. The molecule has 2 fully saturated rings.